The zero-order valence-corrected chi connectivity index (χ0v) is 15.0. The van der Waals surface area contributed by atoms with Crippen molar-refractivity contribution < 1.29 is 9.59 Å². The number of likely N-dealkylation sites (N-methyl/N-ethyl adjacent to an activating group) is 1. The molecule has 18 heavy (non-hydrogen) atoms. The van der Waals surface area contributed by atoms with Crippen molar-refractivity contribution in [3.63, 3.8) is 0 Å². The van der Waals surface area contributed by atoms with E-state index in [1.54, 1.807) is 12.1 Å². The van der Waals surface area contributed by atoms with Gasteiger partial charge in [-0.15, -0.1) is 24.0 Å². The molecule has 1 aromatic rings. The lowest BCUT2D eigenvalue weighted by Crippen LogP contribution is -2.48. The van der Waals surface area contributed by atoms with Gasteiger partial charge in [-0.2, -0.15) is 0 Å². The number of hydrogen-bond acceptors (Lipinski definition) is 1. The number of quaternary nitrogens is 1. The minimum Gasteiger partial charge on any atom is -0.382 e. The van der Waals surface area contributed by atoms with Gasteiger partial charge in [-0.1, -0.05) is 29.3 Å². The van der Waals surface area contributed by atoms with E-state index in [4.69, 9.17) is 23.2 Å². The van der Waals surface area contributed by atoms with Crippen LogP contribution in [0.3, 0.4) is 0 Å². The van der Waals surface area contributed by atoms with Crippen molar-refractivity contribution in [1.29, 1.82) is 0 Å². The number of nitrogens with zero attached hydrogens (tertiary/aromatic N) is 1. The smallest absolute Gasteiger partial charge is 0.128 e. The van der Waals surface area contributed by atoms with E-state index >= 15 is 0 Å². The van der Waals surface area contributed by atoms with Crippen LogP contribution in [0, 0.1) is 0 Å². The molecular weight excluding hydrogens is 384 g/mol. The second-order valence-corrected chi connectivity index (χ2v) is 6.06. The maximum absolute atomic E-state index is 10.2. The van der Waals surface area contributed by atoms with E-state index in [1.165, 1.54) is 0 Å². The molecule has 0 heterocycles. The van der Waals surface area contributed by atoms with Crippen LogP contribution < -0.4 is 0 Å². The predicted octanol–water partition coefficient (Wildman–Crippen LogP) is 4.13. The van der Waals surface area contributed by atoms with Crippen molar-refractivity contribution >= 4 is 47.2 Å². The van der Waals surface area contributed by atoms with Gasteiger partial charge < -0.3 is 9.59 Å². The van der Waals surface area contributed by atoms with Crippen molar-refractivity contribution in [2.75, 3.05) is 20.6 Å². The fourth-order valence-corrected chi connectivity index (χ4v) is 1.79. The molecule has 5 heteroatoms. The summed E-state index contributed by atoms with van der Waals surface area (Å²) in [6.07, 6.45) is -0.526. The van der Waals surface area contributed by atoms with Gasteiger partial charge in [0.25, 0.3) is 0 Å². The van der Waals surface area contributed by atoms with Gasteiger partial charge in [-0.3, -0.25) is 0 Å². The summed E-state index contributed by atoms with van der Waals surface area (Å²) in [7, 11) is 4.21. The van der Waals surface area contributed by atoms with E-state index in [0.29, 0.717) is 22.6 Å². The summed E-state index contributed by atoms with van der Waals surface area (Å²) in [6, 6.07) is 5.72. The third-order valence-corrected chi connectivity index (χ3v) is 4.11. The summed E-state index contributed by atoms with van der Waals surface area (Å²) in [5, 5.41) is 11.2. The molecule has 2 nitrogen and oxygen atoms in total. The first kappa shape index (κ1) is 18.4. The maximum atomic E-state index is 10.2. The lowest BCUT2D eigenvalue weighted by Gasteiger charge is -2.36. The van der Waals surface area contributed by atoms with Crippen LogP contribution in [-0.2, 0) is 0 Å². The standard InChI is InChI=1S/C13H20Cl2NO.HI/c1-9(2)16(3,4)8-13(17)10-5-6-11(14)12(15)7-10;/h5-7,9,13,17H,8H2,1-4H3;1H/q+1;. The number of halogens is 3. The molecule has 0 radical (unpaired) electrons. The number of aliphatic hydroxyl groups excluding tert-OH is 1. The van der Waals surface area contributed by atoms with E-state index in [1.807, 2.05) is 6.07 Å². The lowest BCUT2D eigenvalue weighted by atomic mass is 10.1. The number of benzene rings is 1. The zero-order valence-electron chi connectivity index (χ0n) is 11.2. The van der Waals surface area contributed by atoms with Crippen LogP contribution in [0.1, 0.15) is 25.5 Å². The first-order chi connectivity index (χ1) is 7.74. The Kier molecular flexibility index (Phi) is 7.47. The highest BCUT2D eigenvalue weighted by Crippen LogP contribution is 2.27. The second-order valence-electron chi connectivity index (χ2n) is 5.24. The molecule has 0 saturated heterocycles. The van der Waals surface area contributed by atoms with Crippen LogP contribution in [-0.4, -0.2) is 36.3 Å². The minimum atomic E-state index is -0.526. The van der Waals surface area contributed by atoms with E-state index in [0.717, 1.165) is 10.0 Å². The Balaban J connectivity index is 0.00000289. The molecule has 1 N–H and O–H groups in total. The fourth-order valence-electron chi connectivity index (χ4n) is 1.48. The van der Waals surface area contributed by atoms with Crippen LogP contribution in [0.2, 0.25) is 10.0 Å². The van der Waals surface area contributed by atoms with E-state index in [9.17, 15) is 5.11 Å². The molecule has 0 spiro atoms. The molecule has 1 atom stereocenters. The molecule has 0 aliphatic heterocycles. The molecule has 0 saturated carbocycles. The second kappa shape index (κ2) is 7.29. The van der Waals surface area contributed by atoms with Crippen LogP contribution in [0.5, 0.6) is 0 Å². The Morgan fingerprint density at radius 1 is 1.17 bits per heavy atom. The van der Waals surface area contributed by atoms with Gasteiger partial charge in [0.05, 0.1) is 30.2 Å². The molecule has 104 valence electrons. The molecule has 0 bridgehead atoms. The Morgan fingerprint density at radius 3 is 2.17 bits per heavy atom. The van der Waals surface area contributed by atoms with Crippen LogP contribution in [0.25, 0.3) is 0 Å². The van der Waals surface area contributed by atoms with Gasteiger partial charge in [0.2, 0.25) is 0 Å². The first-order valence-electron chi connectivity index (χ1n) is 5.69. The lowest BCUT2D eigenvalue weighted by molar-refractivity contribution is -0.914. The Labute approximate surface area is 137 Å². The molecule has 0 fully saturated rings. The van der Waals surface area contributed by atoms with Crippen molar-refractivity contribution in [3.8, 4) is 0 Å². The molecule has 0 aliphatic carbocycles. The molecule has 0 aromatic heterocycles. The Bertz CT molecular complexity index is 397. The summed E-state index contributed by atoms with van der Waals surface area (Å²) < 4.78 is 0.751. The normalized spacial score (nSPS) is 13.3. The Morgan fingerprint density at radius 2 is 1.72 bits per heavy atom. The predicted molar refractivity (Wildman–Crippen MR) is 88.9 cm³/mol. The molecule has 0 amide bonds. The van der Waals surface area contributed by atoms with Crippen LogP contribution in [0.4, 0.5) is 0 Å². The summed E-state index contributed by atoms with van der Waals surface area (Å²) in [6.45, 7) is 4.93. The monoisotopic (exact) mass is 404 g/mol. The maximum Gasteiger partial charge on any atom is 0.128 e. The number of aliphatic hydroxyl groups is 1. The largest absolute Gasteiger partial charge is 0.382 e. The van der Waals surface area contributed by atoms with Gasteiger partial charge in [0.15, 0.2) is 0 Å². The molecule has 1 aromatic carbocycles. The molecule has 0 aliphatic rings. The van der Waals surface area contributed by atoms with Gasteiger partial charge in [0.1, 0.15) is 12.6 Å². The van der Waals surface area contributed by atoms with Crippen molar-refractivity contribution in [3.05, 3.63) is 33.8 Å². The van der Waals surface area contributed by atoms with Gasteiger partial charge >= 0.3 is 0 Å². The summed E-state index contributed by atoms with van der Waals surface area (Å²) in [4.78, 5) is 0. The van der Waals surface area contributed by atoms with Crippen LogP contribution in [0.15, 0.2) is 18.2 Å². The highest BCUT2D eigenvalue weighted by atomic mass is 127. The number of rotatable bonds is 4. The third kappa shape index (κ3) is 4.85. The highest BCUT2D eigenvalue weighted by Gasteiger charge is 2.25. The van der Waals surface area contributed by atoms with E-state index < -0.39 is 6.10 Å². The van der Waals surface area contributed by atoms with Crippen molar-refractivity contribution in [1.82, 2.24) is 0 Å². The third-order valence-electron chi connectivity index (χ3n) is 3.37. The van der Waals surface area contributed by atoms with Crippen molar-refractivity contribution in [2.24, 2.45) is 0 Å². The highest BCUT2D eigenvalue weighted by molar-refractivity contribution is 14.0. The zero-order chi connectivity index (χ0) is 13.2. The van der Waals surface area contributed by atoms with Gasteiger partial charge in [-0.25, -0.2) is 0 Å². The fraction of sp³-hybridized carbons (Fsp3) is 0.538. The summed E-state index contributed by atoms with van der Waals surface area (Å²) in [5.74, 6) is 0. The minimum absolute atomic E-state index is 0. The van der Waals surface area contributed by atoms with E-state index in [-0.39, 0.29) is 24.0 Å². The number of hydrogen-bond donors (Lipinski definition) is 1. The quantitative estimate of drug-likeness (QED) is 0.590. The average molecular weight is 405 g/mol. The van der Waals surface area contributed by atoms with Gasteiger partial charge in [-0.05, 0) is 31.5 Å². The SMILES string of the molecule is CC(C)[N+](C)(C)CC(O)c1ccc(Cl)c(Cl)c1.I. The van der Waals surface area contributed by atoms with E-state index in [2.05, 4.69) is 27.9 Å². The van der Waals surface area contributed by atoms with Crippen molar-refractivity contribution in [2.45, 2.75) is 26.0 Å². The Hall–Kier alpha value is 0.450. The molecule has 1 rings (SSSR count). The molecular formula is C13H21Cl2INO+. The average Bonchev–Trinajstić information content (AvgIpc) is 2.21. The summed E-state index contributed by atoms with van der Waals surface area (Å²) in [5.41, 5.74) is 0.811. The van der Waals surface area contributed by atoms with Gasteiger partial charge in [0, 0.05) is 0 Å². The summed E-state index contributed by atoms with van der Waals surface area (Å²) >= 11 is 11.8. The topological polar surface area (TPSA) is 20.2 Å². The van der Waals surface area contributed by atoms with Crippen LogP contribution >= 0.6 is 47.2 Å². The molecule has 1 unspecified atom stereocenters. The first-order valence-corrected chi connectivity index (χ1v) is 6.45.